The lowest BCUT2D eigenvalue weighted by molar-refractivity contribution is -0.143. The van der Waals surface area contributed by atoms with E-state index < -0.39 is 61.1 Å². The van der Waals surface area contributed by atoms with E-state index in [2.05, 4.69) is 26.6 Å². The molecule has 1 atom stereocenters. The van der Waals surface area contributed by atoms with E-state index in [0.29, 0.717) is 0 Å². The number of amides is 5. The molecule has 0 radical (unpaired) electrons. The third-order valence-corrected chi connectivity index (χ3v) is 2.69. The van der Waals surface area contributed by atoms with Crippen LogP contribution in [0.15, 0.2) is 0 Å². The van der Waals surface area contributed by atoms with Crippen LogP contribution in [0.3, 0.4) is 0 Å². The van der Waals surface area contributed by atoms with E-state index >= 15 is 0 Å². The van der Waals surface area contributed by atoms with Gasteiger partial charge >= 0.3 is 5.97 Å². The maximum absolute atomic E-state index is 11.6. The summed E-state index contributed by atoms with van der Waals surface area (Å²) in [6.07, 6.45) is -0.607. The van der Waals surface area contributed by atoms with Crippen LogP contribution < -0.4 is 26.6 Å². The minimum Gasteiger partial charge on any atom is -0.480 e. The molecule has 5 amide bonds. The fourth-order valence-corrected chi connectivity index (χ4v) is 1.42. The lowest BCUT2D eigenvalue weighted by Crippen LogP contribution is -2.48. The van der Waals surface area contributed by atoms with Crippen molar-refractivity contribution < 1.29 is 33.9 Å². The van der Waals surface area contributed by atoms with Gasteiger partial charge in [0.2, 0.25) is 29.5 Å². The van der Waals surface area contributed by atoms with Crippen LogP contribution in [0.1, 0.15) is 13.3 Å². The maximum Gasteiger partial charge on any atom is 0.326 e. The molecule has 6 N–H and O–H groups in total. The van der Waals surface area contributed by atoms with Gasteiger partial charge in [0.05, 0.1) is 26.1 Å². The topological polar surface area (TPSA) is 183 Å². The second kappa shape index (κ2) is 11.4. The van der Waals surface area contributed by atoms with Crippen molar-refractivity contribution in [3.8, 4) is 0 Å². The Hall–Kier alpha value is -3.18. The molecule has 0 rings (SSSR count). The summed E-state index contributed by atoms with van der Waals surface area (Å²) in [4.78, 5) is 67.2. The molecule has 1 unspecified atom stereocenters. The number of carboxylic acid groups (broad SMARTS) is 1. The van der Waals surface area contributed by atoms with Crippen molar-refractivity contribution in [3.63, 3.8) is 0 Å². The van der Waals surface area contributed by atoms with Crippen molar-refractivity contribution in [1.82, 2.24) is 26.6 Å². The van der Waals surface area contributed by atoms with E-state index in [1.54, 1.807) is 0 Å². The fourth-order valence-electron chi connectivity index (χ4n) is 1.42. The number of hydrogen-bond acceptors (Lipinski definition) is 6. The number of aliphatic carboxylic acids is 1. The Morgan fingerprint density at radius 1 is 0.800 bits per heavy atom. The minimum atomic E-state index is -1.52. The molecule has 0 spiro atoms. The van der Waals surface area contributed by atoms with Gasteiger partial charge in [0.25, 0.3) is 0 Å². The van der Waals surface area contributed by atoms with Crippen molar-refractivity contribution in [1.29, 1.82) is 0 Å². The average Bonchev–Trinajstić information content (AvgIpc) is 2.55. The first-order valence-electron chi connectivity index (χ1n) is 7.16. The van der Waals surface area contributed by atoms with Crippen LogP contribution >= 0.6 is 0 Å². The van der Waals surface area contributed by atoms with Gasteiger partial charge in [-0.1, -0.05) is 0 Å². The summed E-state index contributed by atoms with van der Waals surface area (Å²) in [6, 6.07) is -1.52. The SMILES string of the molecule is CNC(=O)CNC(=O)CNC(=O)CC(NC(=O)CNC(C)=O)C(=O)O. The highest BCUT2D eigenvalue weighted by atomic mass is 16.4. The Labute approximate surface area is 143 Å². The number of rotatable bonds is 10. The Balaban J connectivity index is 4.30. The predicted molar refractivity (Wildman–Crippen MR) is 83.0 cm³/mol. The smallest absolute Gasteiger partial charge is 0.326 e. The average molecular weight is 359 g/mol. The number of carbonyl (C=O) groups excluding carboxylic acids is 5. The van der Waals surface area contributed by atoms with Crippen molar-refractivity contribution >= 4 is 35.5 Å². The molecule has 0 saturated carbocycles. The minimum absolute atomic E-state index is 0.262. The van der Waals surface area contributed by atoms with E-state index in [9.17, 15) is 28.8 Å². The van der Waals surface area contributed by atoms with Gasteiger partial charge in [0.1, 0.15) is 6.04 Å². The fraction of sp³-hybridized carbons (Fsp3) is 0.538. The molecule has 0 bridgehead atoms. The van der Waals surface area contributed by atoms with Crippen LogP contribution in [-0.2, 0) is 28.8 Å². The van der Waals surface area contributed by atoms with Crippen LogP contribution in [-0.4, -0.2) is 73.3 Å². The molecule has 12 heteroatoms. The highest BCUT2D eigenvalue weighted by molar-refractivity contribution is 5.92. The van der Waals surface area contributed by atoms with Crippen LogP contribution in [0.5, 0.6) is 0 Å². The number of carboxylic acids is 1. The molecule has 0 aliphatic rings. The molecule has 0 aliphatic carbocycles. The van der Waals surface area contributed by atoms with Gasteiger partial charge in [0.15, 0.2) is 0 Å². The Bertz CT molecular complexity index is 549. The zero-order valence-electron chi connectivity index (χ0n) is 13.8. The second-order valence-corrected chi connectivity index (χ2v) is 4.80. The first-order valence-corrected chi connectivity index (χ1v) is 7.16. The second-order valence-electron chi connectivity index (χ2n) is 4.80. The zero-order chi connectivity index (χ0) is 19.4. The Morgan fingerprint density at radius 2 is 1.32 bits per heavy atom. The van der Waals surface area contributed by atoms with Gasteiger partial charge in [0, 0.05) is 14.0 Å². The van der Waals surface area contributed by atoms with Crippen LogP contribution in [0, 0.1) is 0 Å². The van der Waals surface area contributed by atoms with Crippen LogP contribution in [0.2, 0.25) is 0 Å². The number of nitrogens with one attached hydrogen (secondary N) is 5. The maximum atomic E-state index is 11.6. The largest absolute Gasteiger partial charge is 0.480 e. The zero-order valence-corrected chi connectivity index (χ0v) is 13.8. The molecular formula is C13H21N5O7. The van der Waals surface area contributed by atoms with Crippen molar-refractivity contribution in [2.45, 2.75) is 19.4 Å². The Kier molecular flexibility index (Phi) is 9.92. The summed E-state index contributed by atoms with van der Waals surface area (Å²) in [6.45, 7) is 0.0391. The quantitative estimate of drug-likeness (QED) is 0.230. The molecule has 0 fully saturated rings. The monoisotopic (exact) mass is 359 g/mol. The van der Waals surface area contributed by atoms with Gasteiger partial charge in [-0.3, -0.25) is 24.0 Å². The summed E-state index contributed by atoms with van der Waals surface area (Å²) >= 11 is 0. The normalized spacial score (nSPS) is 10.8. The van der Waals surface area contributed by atoms with Gasteiger partial charge in [-0.25, -0.2) is 4.79 Å². The van der Waals surface area contributed by atoms with Crippen molar-refractivity contribution in [3.05, 3.63) is 0 Å². The molecule has 0 saturated heterocycles. The van der Waals surface area contributed by atoms with Gasteiger partial charge in [-0.05, 0) is 0 Å². The van der Waals surface area contributed by atoms with Gasteiger partial charge < -0.3 is 31.7 Å². The highest BCUT2D eigenvalue weighted by Gasteiger charge is 2.23. The summed E-state index contributed by atoms with van der Waals surface area (Å²) in [5, 5.41) is 19.9. The highest BCUT2D eigenvalue weighted by Crippen LogP contribution is 1.93. The molecule has 0 aliphatic heterocycles. The van der Waals surface area contributed by atoms with E-state index in [1.165, 1.54) is 14.0 Å². The summed E-state index contributed by atoms with van der Waals surface area (Å²) < 4.78 is 0. The molecule has 12 nitrogen and oxygen atoms in total. The lowest BCUT2D eigenvalue weighted by atomic mass is 10.2. The van der Waals surface area contributed by atoms with E-state index in [4.69, 9.17) is 5.11 Å². The molecule has 0 heterocycles. The van der Waals surface area contributed by atoms with E-state index in [-0.39, 0.29) is 6.54 Å². The van der Waals surface area contributed by atoms with Gasteiger partial charge in [-0.15, -0.1) is 0 Å². The summed E-state index contributed by atoms with van der Waals surface area (Å²) in [7, 11) is 1.39. The number of likely N-dealkylation sites (N-methyl/N-ethyl adjacent to an activating group) is 1. The summed E-state index contributed by atoms with van der Waals surface area (Å²) in [5.41, 5.74) is 0. The molecule has 0 aromatic heterocycles. The lowest BCUT2D eigenvalue weighted by Gasteiger charge is -2.14. The first kappa shape index (κ1) is 21.8. The molecule has 25 heavy (non-hydrogen) atoms. The molecule has 0 aromatic rings. The van der Waals surface area contributed by atoms with E-state index in [1.807, 2.05) is 0 Å². The number of hydrogen-bond donors (Lipinski definition) is 6. The van der Waals surface area contributed by atoms with Crippen molar-refractivity contribution in [2.24, 2.45) is 0 Å². The van der Waals surface area contributed by atoms with Crippen molar-refractivity contribution in [2.75, 3.05) is 26.7 Å². The van der Waals surface area contributed by atoms with E-state index in [0.717, 1.165) is 0 Å². The number of carbonyl (C=O) groups is 6. The van der Waals surface area contributed by atoms with Crippen LogP contribution in [0.25, 0.3) is 0 Å². The van der Waals surface area contributed by atoms with Crippen LogP contribution in [0.4, 0.5) is 0 Å². The first-order chi connectivity index (χ1) is 11.6. The van der Waals surface area contributed by atoms with Gasteiger partial charge in [-0.2, -0.15) is 0 Å². The molecule has 140 valence electrons. The predicted octanol–water partition coefficient (Wildman–Crippen LogP) is -3.94. The standard InChI is InChI=1S/C13H21N5O7/c1-7(19)15-6-12(23)18-8(13(24)25)3-9(20)16-5-11(22)17-4-10(21)14-2/h8H,3-6H2,1-2H3,(H,14,21)(H,15,19)(H,16,20)(H,17,22)(H,18,23)(H,24,25). The molecular weight excluding hydrogens is 338 g/mol. The third-order valence-electron chi connectivity index (χ3n) is 2.69. The third kappa shape index (κ3) is 11.1. The molecule has 0 aromatic carbocycles. The summed E-state index contributed by atoms with van der Waals surface area (Å²) in [5.74, 6) is -4.55. The Morgan fingerprint density at radius 3 is 1.84 bits per heavy atom.